The third-order valence-corrected chi connectivity index (χ3v) is 5.82. The summed E-state index contributed by atoms with van der Waals surface area (Å²) in [5, 5.41) is 11.1. The summed E-state index contributed by atoms with van der Waals surface area (Å²) in [5.74, 6) is -0.776. The second kappa shape index (κ2) is 16.5. The maximum absolute atomic E-state index is 12.5. The van der Waals surface area contributed by atoms with Crippen molar-refractivity contribution in [2.45, 2.75) is 53.3 Å². The van der Waals surface area contributed by atoms with Crippen LogP contribution >= 0.6 is 0 Å². The number of nitrogens with zero attached hydrogens (tertiary/aromatic N) is 2. The summed E-state index contributed by atoms with van der Waals surface area (Å²) in [5.41, 5.74) is 1.36. The van der Waals surface area contributed by atoms with E-state index in [2.05, 4.69) is 40.0 Å². The van der Waals surface area contributed by atoms with E-state index < -0.39 is 12.1 Å². The molecule has 208 valence electrons. The van der Waals surface area contributed by atoms with Crippen LogP contribution in [0.3, 0.4) is 0 Å². The van der Waals surface area contributed by atoms with Gasteiger partial charge in [0, 0.05) is 51.9 Å². The van der Waals surface area contributed by atoms with Gasteiger partial charge in [-0.2, -0.15) is 0 Å². The predicted octanol–water partition coefficient (Wildman–Crippen LogP) is 1.40. The average Bonchev–Trinajstić information content (AvgIpc) is 2.84. The quantitative estimate of drug-likeness (QED) is 0.257. The molecule has 1 rings (SSSR count). The van der Waals surface area contributed by atoms with E-state index in [1.54, 1.807) is 36.2 Å². The molecule has 0 aromatic heterocycles. The first-order valence-corrected chi connectivity index (χ1v) is 12.6. The second-order valence-electron chi connectivity index (χ2n) is 9.67. The van der Waals surface area contributed by atoms with Gasteiger partial charge in [-0.3, -0.25) is 14.4 Å². The van der Waals surface area contributed by atoms with Crippen molar-refractivity contribution < 1.29 is 23.9 Å². The smallest absolute Gasteiger partial charge is 0.409 e. The zero-order valence-corrected chi connectivity index (χ0v) is 23.2. The highest BCUT2D eigenvalue weighted by Crippen LogP contribution is 2.11. The van der Waals surface area contributed by atoms with Crippen molar-refractivity contribution in [3.05, 3.63) is 29.8 Å². The van der Waals surface area contributed by atoms with Gasteiger partial charge in [0.25, 0.3) is 0 Å². The van der Waals surface area contributed by atoms with Crippen LogP contribution in [-0.4, -0.2) is 92.5 Å². The van der Waals surface area contributed by atoms with Crippen LogP contribution in [0.15, 0.2) is 24.3 Å². The fourth-order valence-electron chi connectivity index (χ4n) is 3.18. The summed E-state index contributed by atoms with van der Waals surface area (Å²) in [7, 11) is 3.72. The molecule has 1 aromatic rings. The topological polar surface area (TPSA) is 132 Å². The van der Waals surface area contributed by atoms with Crippen LogP contribution in [0.4, 0.5) is 10.5 Å². The number of carbonyl (C=O) groups excluding carboxylic acids is 4. The second-order valence-corrected chi connectivity index (χ2v) is 9.67. The van der Waals surface area contributed by atoms with Crippen LogP contribution in [0.25, 0.3) is 0 Å². The fourth-order valence-corrected chi connectivity index (χ4v) is 3.18. The van der Waals surface area contributed by atoms with Gasteiger partial charge in [-0.05, 0) is 44.5 Å². The van der Waals surface area contributed by atoms with E-state index in [4.69, 9.17) is 4.74 Å². The van der Waals surface area contributed by atoms with E-state index in [1.165, 1.54) is 6.92 Å². The van der Waals surface area contributed by atoms with Crippen molar-refractivity contribution in [1.29, 1.82) is 0 Å². The molecular formula is C26H44N6O5. The number of benzene rings is 1. The molecule has 0 bridgehead atoms. The highest BCUT2D eigenvalue weighted by Gasteiger charge is 2.21. The molecule has 0 radical (unpaired) electrons. The molecule has 4 N–H and O–H groups in total. The van der Waals surface area contributed by atoms with Crippen LogP contribution < -0.4 is 21.3 Å². The molecule has 0 aliphatic heterocycles. The Bertz CT molecular complexity index is 875. The summed E-state index contributed by atoms with van der Waals surface area (Å²) in [6.45, 7) is 11.6. The predicted molar refractivity (Wildman–Crippen MR) is 144 cm³/mol. The fraction of sp³-hybridized carbons (Fsp3) is 0.615. The van der Waals surface area contributed by atoms with E-state index in [-0.39, 0.29) is 36.8 Å². The average molecular weight is 521 g/mol. The standard InChI is InChI=1S/C26H44N6O5/c1-18(2)24(28-13-12-27-20(5)33)25(35)29-16-23(34)30-22-10-8-21(9-11-22)17-37-26(36)32(7)15-14-31(6)19(3)4/h8-11,18-19,24,28H,12-17H2,1-7H3,(H,27,33)(H,29,35)(H,30,34). The first-order chi connectivity index (χ1) is 17.4. The van der Waals surface area contributed by atoms with Gasteiger partial charge < -0.3 is 35.8 Å². The number of anilines is 1. The van der Waals surface area contributed by atoms with E-state index >= 15 is 0 Å². The monoisotopic (exact) mass is 520 g/mol. The molecule has 0 spiro atoms. The first kappa shape index (κ1) is 31.8. The minimum Gasteiger partial charge on any atom is -0.445 e. The van der Waals surface area contributed by atoms with Crippen molar-refractivity contribution in [2.24, 2.45) is 5.92 Å². The Morgan fingerprint density at radius 3 is 2.14 bits per heavy atom. The SMILES string of the molecule is CC(=O)NCCNC(C(=O)NCC(=O)Nc1ccc(COC(=O)N(C)CCN(C)C(C)C)cc1)C(C)C. The molecular weight excluding hydrogens is 476 g/mol. The maximum atomic E-state index is 12.5. The Hall–Kier alpha value is -3.18. The number of hydrogen-bond acceptors (Lipinski definition) is 7. The molecule has 0 saturated carbocycles. The molecule has 1 atom stereocenters. The third-order valence-electron chi connectivity index (χ3n) is 5.82. The van der Waals surface area contributed by atoms with Gasteiger partial charge >= 0.3 is 6.09 Å². The molecule has 11 nitrogen and oxygen atoms in total. The van der Waals surface area contributed by atoms with E-state index in [9.17, 15) is 19.2 Å². The van der Waals surface area contributed by atoms with Gasteiger partial charge in [0.05, 0.1) is 12.6 Å². The van der Waals surface area contributed by atoms with Crippen LogP contribution in [0.2, 0.25) is 0 Å². The number of hydrogen-bond donors (Lipinski definition) is 4. The van der Waals surface area contributed by atoms with Gasteiger partial charge in [0.1, 0.15) is 6.61 Å². The molecule has 0 saturated heterocycles. The molecule has 0 fully saturated rings. The lowest BCUT2D eigenvalue weighted by molar-refractivity contribution is -0.126. The molecule has 1 unspecified atom stereocenters. The lowest BCUT2D eigenvalue weighted by atomic mass is 10.0. The lowest BCUT2D eigenvalue weighted by Crippen LogP contribution is -2.50. The summed E-state index contributed by atoms with van der Waals surface area (Å²) in [6.07, 6.45) is -0.394. The number of rotatable bonds is 15. The van der Waals surface area contributed by atoms with Gasteiger partial charge in [-0.1, -0.05) is 26.0 Å². The van der Waals surface area contributed by atoms with E-state index in [0.717, 1.165) is 12.1 Å². The molecule has 4 amide bonds. The third kappa shape index (κ3) is 13.1. The zero-order valence-electron chi connectivity index (χ0n) is 23.2. The minimum atomic E-state index is -0.487. The largest absolute Gasteiger partial charge is 0.445 e. The van der Waals surface area contributed by atoms with Crippen molar-refractivity contribution in [1.82, 2.24) is 25.8 Å². The number of likely N-dealkylation sites (N-methyl/N-ethyl adjacent to an activating group) is 2. The Labute approximate surface area is 220 Å². The van der Waals surface area contributed by atoms with E-state index in [0.29, 0.717) is 31.4 Å². The van der Waals surface area contributed by atoms with Gasteiger partial charge in [-0.25, -0.2) is 4.79 Å². The highest BCUT2D eigenvalue weighted by atomic mass is 16.6. The number of nitrogens with one attached hydrogen (secondary N) is 4. The Morgan fingerprint density at radius 2 is 1.57 bits per heavy atom. The molecule has 11 heteroatoms. The summed E-state index contributed by atoms with van der Waals surface area (Å²) >= 11 is 0. The minimum absolute atomic E-state index is 0.00296. The van der Waals surface area contributed by atoms with Crippen LogP contribution in [0.1, 0.15) is 40.2 Å². The van der Waals surface area contributed by atoms with Gasteiger partial charge in [0.2, 0.25) is 17.7 Å². The van der Waals surface area contributed by atoms with Crippen molar-refractivity contribution in [2.75, 3.05) is 52.1 Å². The Kier molecular flexibility index (Phi) is 14.2. The Balaban J connectivity index is 2.43. The first-order valence-electron chi connectivity index (χ1n) is 12.6. The van der Waals surface area contributed by atoms with E-state index in [1.807, 2.05) is 20.9 Å². The molecule has 37 heavy (non-hydrogen) atoms. The number of ether oxygens (including phenoxy) is 1. The van der Waals surface area contributed by atoms with Gasteiger partial charge in [0.15, 0.2) is 0 Å². The molecule has 1 aromatic carbocycles. The lowest BCUT2D eigenvalue weighted by Gasteiger charge is -2.24. The number of amides is 4. The van der Waals surface area contributed by atoms with Crippen LogP contribution in [0.5, 0.6) is 0 Å². The summed E-state index contributed by atoms with van der Waals surface area (Å²) in [6, 6.07) is 6.87. The van der Waals surface area contributed by atoms with Crippen molar-refractivity contribution in [3.8, 4) is 0 Å². The number of carbonyl (C=O) groups is 4. The van der Waals surface area contributed by atoms with Gasteiger partial charge in [-0.15, -0.1) is 0 Å². The molecule has 0 aliphatic rings. The van der Waals surface area contributed by atoms with Crippen molar-refractivity contribution >= 4 is 29.5 Å². The molecule has 0 aliphatic carbocycles. The summed E-state index contributed by atoms with van der Waals surface area (Å²) < 4.78 is 5.36. The normalized spacial score (nSPS) is 11.8. The van der Waals surface area contributed by atoms with Crippen molar-refractivity contribution in [3.63, 3.8) is 0 Å². The zero-order chi connectivity index (χ0) is 28.0. The highest BCUT2D eigenvalue weighted by molar-refractivity contribution is 5.95. The molecule has 0 heterocycles. The summed E-state index contributed by atoms with van der Waals surface area (Å²) in [4.78, 5) is 51.7. The Morgan fingerprint density at radius 1 is 0.919 bits per heavy atom. The van der Waals surface area contributed by atoms with Crippen LogP contribution in [0, 0.1) is 5.92 Å². The van der Waals surface area contributed by atoms with Crippen LogP contribution in [-0.2, 0) is 25.7 Å². The maximum Gasteiger partial charge on any atom is 0.409 e.